The normalized spacial score (nSPS) is 11.3. The fourth-order valence-electron chi connectivity index (χ4n) is 2.34. The SMILES string of the molecule is CC(C)Nc1nc(Nc2ccnc(C(F)F)c2)nc(-c2cccc(C(F)F)n2)n1. The maximum absolute atomic E-state index is 13.0. The van der Waals surface area contributed by atoms with E-state index in [0.29, 0.717) is 0 Å². The zero-order chi connectivity index (χ0) is 21.0. The van der Waals surface area contributed by atoms with E-state index in [-0.39, 0.29) is 35.1 Å². The molecule has 152 valence electrons. The van der Waals surface area contributed by atoms with Crippen LogP contribution in [0.5, 0.6) is 0 Å². The highest BCUT2D eigenvalue weighted by Crippen LogP contribution is 2.24. The van der Waals surface area contributed by atoms with Crippen molar-refractivity contribution in [2.24, 2.45) is 0 Å². The number of pyridine rings is 2. The van der Waals surface area contributed by atoms with Crippen molar-refractivity contribution in [2.75, 3.05) is 10.6 Å². The number of hydrogen-bond acceptors (Lipinski definition) is 7. The first-order valence-electron chi connectivity index (χ1n) is 8.61. The fourth-order valence-corrected chi connectivity index (χ4v) is 2.34. The highest BCUT2D eigenvalue weighted by molar-refractivity contribution is 5.59. The quantitative estimate of drug-likeness (QED) is 0.546. The summed E-state index contributed by atoms with van der Waals surface area (Å²) in [6.07, 6.45) is -4.25. The van der Waals surface area contributed by atoms with Crippen LogP contribution >= 0.6 is 0 Å². The third-order valence-corrected chi connectivity index (χ3v) is 3.54. The minimum Gasteiger partial charge on any atom is -0.352 e. The van der Waals surface area contributed by atoms with Crippen molar-refractivity contribution in [3.8, 4) is 11.5 Å². The Morgan fingerprint density at radius 2 is 1.55 bits per heavy atom. The summed E-state index contributed by atoms with van der Waals surface area (Å²) in [7, 11) is 0. The van der Waals surface area contributed by atoms with Crippen molar-refractivity contribution in [1.29, 1.82) is 0 Å². The van der Waals surface area contributed by atoms with E-state index < -0.39 is 24.2 Å². The van der Waals surface area contributed by atoms with Crippen LogP contribution in [0.2, 0.25) is 0 Å². The molecule has 0 bridgehead atoms. The molecular formula is C18H17F4N7. The van der Waals surface area contributed by atoms with Crippen LogP contribution in [-0.2, 0) is 0 Å². The lowest BCUT2D eigenvalue weighted by atomic mass is 10.3. The summed E-state index contributed by atoms with van der Waals surface area (Å²) in [5.74, 6) is 0.269. The lowest BCUT2D eigenvalue weighted by Gasteiger charge is -2.12. The van der Waals surface area contributed by atoms with Gasteiger partial charge in [-0.2, -0.15) is 15.0 Å². The fraction of sp³-hybridized carbons (Fsp3) is 0.278. The summed E-state index contributed by atoms with van der Waals surface area (Å²) < 4.78 is 51.7. The van der Waals surface area contributed by atoms with Crippen molar-refractivity contribution in [1.82, 2.24) is 24.9 Å². The standard InChI is InChI=1S/C18H17F4N7/c1-9(2)24-17-27-16(12-5-3-4-11(26-12)14(19)20)28-18(29-17)25-10-6-7-23-13(8-10)15(21)22/h3-9,14-15H,1-2H3,(H2,23,24,25,27,28,29). The molecular weight excluding hydrogens is 390 g/mol. The topological polar surface area (TPSA) is 88.5 Å². The van der Waals surface area contributed by atoms with Gasteiger partial charge in [0, 0.05) is 17.9 Å². The smallest absolute Gasteiger partial charge is 0.280 e. The van der Waals surface area contributed by atoms with Gasteiger partial charge in [-0.15, -0.1) is 0 Å². The summed E-state index contributed by atoms with van der Waals surface area (Å²) in [5, 5.41) is 5.81. The lowest BCUT2D eigenvalue weighted by molar-refractivity contribution is 0.145. The zero-order valence-electron chi connectivity index (χ0n) is 15.4. The number of nitrogens with one attached hydrogen (secondary N) is 2. The average molecular weight is 407 g/mol. The van der Waals surface area contributed by atoms with E-state index in [0.717, 1.165) is 0 Å². The highest BCUT2D eigenvalue weighted by Gasteiger charge is 2.15. The molecule has 2 N–H and O–H groups in total. The van der Waals surface area contributed by atoms with Crippen molar-refractivity contribution in [3.63, 3.8) is 0 Å². The predicted octanol–water partition coefficient (Wildman–Crippen LogP) is 4.77. The van der Waals surface area contributed by atoms with E-state index in [4.69, 9.17) is 0 Å². The number of alkyl halides is 4. The third kappa shape index (κ3) is 5.33. The summed E-state index contributed by atoms with van der Waals surface area (Å²) in [4.78, 5) is 20.1. The van der Waals surface area contributed by atoms with Crippen LogP contribution in [0.1, 0.15) is 38.1 Å². The van der Waals surface area contributed by atoms with Crippen molar-refractivity contribution in [2.45, 2.75) is 32.7 Å². The summed E-state index contributed by atoms with van der Waals surface area (Å²) in [6.45, 7) is 3.73. The van der Waals surface area contributed by atoms with Gasteiger partial charge in [-0.3, -0.25) is 4.98 Å². The molecule has 3 aromatic rings. The van der Waals surface area contributed by atoms with Crippen LogP contribution in [0.4, 0.5) is 35.1 Å². The number of halogens is 4. The molecule has 0 spiro atoms. The van der Waals surface area contributed by atoms with Crippen LogP contribution < -0.4 is 10.6 Å². The lowest BCUT2D eigenvalue weighted by Crippen LogP contribution is -2.14. The molecule has 0 fully saturated rings. The number of anilines is 3. The van der Waals surface area contributed by atoms with Gasteiger partial charge in [0.2, 0.25) is 11.9 Å². The summed E-state index contributed by atoms with van der Waals surface area (Å²) in [5.41, 5.74) is -0.400. The molecule has 0 radical (unpaired) electrons. The van der Waals surface area contributed by atoms with E-state index in [1.807, 2.05) is 13.8 Å². The van der Waals surface area contributed by atoms with E-state index >= 15 is 0 Å². The molecule has 0 aliphatic heterocycles. The second-order valence-electron chi connectivity index (χ2n) is 6.25. The minimum atomic E-state index is -2.74. The first-order chi connectivity index (χ1) is 13.8. The number of rotatable bonds is 7. The van der Waals surface area contributed by atoms with Gasteiger partial charge in [-0.1, -0.05) is 6.07 Å². The van der Waals surface area contributed by atoms with Crippen LogP contribution in [0.25, 0.3) is 11.5 Å². The monoisotopic (exact) mass is 407 g/mol. The Kier molecular flexibility index (Phi) is 6.15. The maximum Gasteiger partial charge on any atom is 0.280 e. The molecule has 0 aromatic carbocycles. The van der Waals surface area contributed by atoms with Crippen LogP contribution in [-0.4, -0.2) is 31.0 Å². The molecule has 0 unspecified atom stereocenters. The van der Waals surface area contributed by atoms with E-state index in [2.05, 4.69) is 35.6 Å². The van der Waals surface area contributed by atoms with Crippen LogP contribution in [0, 0.1) is 0 Å². The largest absolute Gasteiger partial charge is 0.352 e. The highest BCUT2D eigenvalue weighted by atomic mass is 19.3. The molecule has 11 heteroatoms. The Morgan fingerprint density at radius 3 is 2.24 bits per heavy atom. The molecule has 0 atom stereocenters. The van der Waals surface area contributed by atoms with Gasteiger partial charge in [0.05, 0.1) is 0 Å². The van der Waals surface area contributed by atoms with E-state index in [1.54, 1.807) is 0 Å². The Hall–Kier alpha value is -3.37. The van der Waals surface area contributed by atoms with Crippen molar-refractivity contribution >= 4 is 17.6 Å². The van der Waals surface area contributed by atoms with Gasteiger partial charge in [-0.25, -0.2) is 22.5 Å². The molecule has 7 nitrogen and oxygen atoms in total. The van der Waals surface area contributed by atoms with Crippen LogP contribution in [0.3, 0.4) is 0 Å². The Balaban J connectivity index is 2.00. The summed E-state index contributed by atoms with van der Waals surface area (Å²) in [6, 6.07) is 6.73. The minimum absolute atomic E-state index is 0.0233. The zero-order valence-corrected chi connectivity index (χ0v) is 15.4. The molecule has 29 heavy (non-hydrogen) atoms. The Labute approximate surface area is 163 Å². The van der Waals surface area contributed by atoms with Gasteiger partial charge < -0.3 is 10.6 Å². The third-order valence-electron chi connectivity index (χ3n) is 3.54. The molecule has 3 aromatic heterocycles. The first kappa shape index (κ1) is 20.4. The van der Waals surface area contributed by atoms with Crippen molar-refractivity contribution in [3.05, 3.63) is 47.9 Å². The molecule has 0 saturated carbocycles. The predicted molar refractivity (Wildman–Crippen MR) is 99.3 cm³/mol. The van der Waals surface area contributed by atoms with Gasteiger partial charge in [0.15, 0.2) is 5.82 Å². The van der Waals surface area contributed by atoms with Crippen molar-refractivity contribution < 1.29 is 17.6 Å². The van der Waals surface area contributed by atoms with Gasteiger partial charge in [0.25, 0.3) is 12.9 Å². The molecule has 0 aliphatic carbocycles. The Bertz CT molecular complexity index is 982. The van der Waals surface area contributed by atoms with Gasteiger partial charge >= 0.3 is 0 Å². The molecule has 0 saturated heterocycles. The first-order valence-corrected chi connectivity index (χ1v) is 8.61. The number of nitrogens with zero attached hydrogens (tertiary/aromatic N) is 5. The second-order valence-corrected chi connectivity index (χ2v) is 6.25. The molecule has 3 rings (SSSR count). The van der Waals surface area contributed by atoms with Gasteiger partial charge in [0.1, 0.15) is 17.1 Å². The Morgan fingerprint density at radius 1 is 0.828 bits per heavy atom. The second kappa shape index (κ2) is 8.76. The molecule has 3 heterocycles. The maximum atomic E-state index is 13.0. The van der Waals surface area contributed by atoms with Gasteiger partial charge in [-0.05, 0) is 38.1 Å². The number of aromatic nitrogens is 5. The number of hydrogen-bond donors (Lipinski definition) is 2. The molecule has 0 aliphatic rings. The van der Waals surface area contributed by atoms with Crippen LogP contribution in [0.15, 0.2) is 36.5 Å². The summed E-state index contributed by atoms with van der Waals surface area (Å²) >= 11 is 0. The van der Waals surface area contributed by atoms with E-state index in [9.17, 15) is 17.6 Å². The average Bonchev–Trinajstić information content (AvgIpc) is 2.67. The molecule has 0 amide bonds. The van der Waals surface area contributed by atoms with E-state index in [1.165, 1.54) is 36.5 Å².